The molecule has 0 fully saturated rings. The molecule has 72 valence electrons. The summed E-state index contributed by atoms with van der Waals surface area (Å²) in [5, 5.41) is 0.773. The minimum atomic E-state index is 0.427. The van der Waals surface area contributed by atoms with E-state index in [-0.39, 0.29) is 0 Å². The van der Waals surface area contributed by atoms with E-state index in [1.807, 2.05) is 13.0 Å². The number of nitrogens with zero attached hydrogens (tertiary/aromatic N) is 2. The maximum absolute atomic E-state index is 5.52. The lowest BCUT2D eigenvalue weighted by Gasteiger charge is -1.98. The molecule has 14 heavy (non-hydrogen) atoms. The van der Waals surface area contributed by atoms with E-state index in [1.165, 1.54) is 18.0 Å². The van der Waals surface area contributed by atoms with Crippen molar-refractivity contribution in [3.63, 3.8) is 0 Å². The van der Waals surface area contributed by atoms with Crippen molar-refractivity contribution >= 4 is 17.6 Å². The Balaban J connectivity index is 2.23. The summed E-state index contributed by atoms with van der Waals surface area (Å²) in [6.07, 6.45) is 4.84. The molecule has 0 bridgehead atoms. The van der Waals surface area contributed by atoms with E-state index in [0.29, 0.717) is 5.82 Å². The van der Waals surface area contributed by atoms with Gasteiger partial charge in [-0.3, -0.25) is 4.98 Å². The third-order valence-electron chi connectivity index (χ3n) is 1.66. The Labute approximate surface area is 85.6 Å². The highest BCUT2D eigenvalue weighted by Gasteiger charge is 2.04. The Bertz CT molecular complexity index is 441. The van der Waals surface area contributed by atoms with Crippen LogP contribution in [-0.4, -0.2) is 9.97 Å². The second kappa shape index (κ2) is 3.71. The van der Waals surface area contributed by atoms with Gasteiger partial charge in [0.2, 0.25) is 0 Å². The van der Waals surface area contributed by atoms with Crippen LogP contribution in [0.15, 0.2) is 39.1 Å². The average Bonchev–Trinajstić information content (AvgIpc) is 2.52. The molecule has 2 heterocycles. The van der Waals surface area contributed by atoms with Crippen molar-refractivity contribution in [2.24, 2.45) is 0 Å². The zero-order valence-electron chi connectivity index (χ0n) is 7.60. The highest BCUT2D eigenvalue weighted by molar-refractivity contribution is 7.99. The molecule has 0 aliphatic carbocycles. The third kappa shape index (κ3) is 1.88. The predicted molar refractivity (Wildman–Crippen MR) is 54.0 cm³/mol. The van der Waals surface area contributed by atoms with Gasteiger partial charge in [-0.25, -0.2) is 4.98 Å². The molecule has 4 nitrogen and oxygen atoms in total. The van der Waals surface area contributed by atoms with Gasteiger partial charge in [0.05, 0.1) is 23.6 Å². The standard InChI is InChI=1S/C9H9N3OS/c1-6-7(2-3-13-6)14-9-5-11-4-8(10)12-9/h2-5H,1H3,(H2,10,12). The number of anilines is 1. The molecule has 0 atom stereocenters. The molecule has 0 saturated carbocycles. The zero-order valence-corrected chi connectivity index (χ0v) is 8.41. The van der Waals surface area contributed by atoms with Crippen LogP contribution in [0.1, 0.15) is 5.76 Å². The van der Waals surface area contributed by atoms with E-state index >= 15 is 0 Å². The fourth-order valence-corrected chi connectivity index (χ4v) is 1.81. The van der Waals surface area contributed by atoms with Crippen molar-refractivity contribution in [2.75, 3.05) is 5.73 Å². The summed E-state index contributed by atoms with van der Waals surface area (Å²) in [5.74, 6) is 1.30. The number of aromatic nitrogens is 2. The normalized spacial score (nSPS) is 10.4. The van der Waals surface area contributed by atoms with E-state index in [4.69, 9.17) is 10.2 Å². The maximum Gasteiger partial charge on any atom is 0.143 e. The summed E-state index contributed by atoms with van der Waals surface area (Å²) in [4.78, 5) is 9.11. The van der Waals surface area contributed by atoms with Crippen molar-refractivity contribution in [2.45, 2.75) is 16.8 Å². The zero-order chi connectivity index (χ0) is 9.97. The molecule has 0 aliphatic rings. The average molecular weight is 207 g/mol. The number of hydrogen-bond donors (Lipinski definition) is 1. The molecule has 0 aliphatic heterocycles. The molecule has 0 radical (unpaired) electrons. The van der Waals surface area contributed by atoms with Crippen molar-refractivity contribution in [1.29, 1.82) is 0 Å². The summed E-state index contributed by atoms with van der Waals surface area (Å²) in [6.45, 7) is 1.90. The first-order valence-electron chi connectivity index (χ1n) is 4.05. The van der Waals surface area contributed by atoms with Gasteiger partial charge in [-0.15, -0.1) is 0 Å². The Kier molecular flexibility index (Phi) is 2.41. The fourth-order valence-electron chi connectivity index (χ4n) is 1.00. The van der Waals surface area contributed by atoms with Crippen molar-refractivity contribution in [3.8, 4) is 0 Å². The van der Waals surface area contributed by atoms with Crippen molar-refractivity contribution < 1.29 is 4.42 Å². The quantitative estimate of drug-likeness (QED) is 0.817. The number of nitrogens with two attached hydrogens (primary N) is 1. The van der Waals surface area contributed by atoms with E-state index in [1.54, 1.807) is 12.5 Å². The highest BCUT2D eigenvalue weighted by atomic mass is 32.2. The van der Waals surface area contributed by atoms with Crippen LogP contribution in [0, 0.1) is 6.92 Å². The Hall–Kier alpha value is -1.49. The smallest absolute Gasteiger partial charge is 0.143 e. The second-order valence-electron chi connectivity index (χ2n) is 2.73. The minimum absolute atomic E-state index is 0.427. The topological polar surface area (TPSA) is 64.9 Å². The van der Waals surface area contributed by atoms with Crippen molar-refractivity contribution in [1.82, 2.24) is 9.97 Å². The van der Waals surface area contributed by atoms with Crippen LogP contribution in [0.25, 0.3) is 0 Å². The number of nitrogen functional groups attached to an aromatic ring is 1. The van der Waals surface area contributed by atoms with Gasteiger partial charge in [0.1, 0.15) is 16.6 Å². The Morgan fingerprint density at radius 3 is 2.93 bits per heavy atom. The van der Waals surface area contributed by atoms with Crippen LogP contribution in [-0.2, 0) is 0 Å². The van der Waals surface area contributed by atoms with Crippen LogP contribution in [0.2, 0.25) is 0 Å². The first kappa shape index (κ1) is 9.08. The first-order chi connectivity index (χ1) is 6.75. The van der Waals surface area contributed by atoms with Gasteiger partial charge in [0.15, 0.2) is 0 Å². The molecule has 2 rings (SSSR count). The van der Waals surface area contributed by atoms with Crippen LogP contribution < -0.4 is 5.73 Å². The van der Waals surface area contributed by atoms with E-state index in [9.17, 15) is 0 Å². The van der Waals surface area contributed by atoms with Crippen LogP contribution in [0.3, 0.4) is 0 Å². The van der Waals surface area contributed by atoms with Gasteiger partial charge in [-0.2, -0.15) is 0 Å². The van der Waals surface area contributed by atoms with Gasteiger partial charge in [-0.05, 0) is 13.0 Å². The summed E-state index contributed by atoms with van der Waals surface area (Å²) >= 11 is 1.49. The minimum Gasteiger partial charge on any atom is -0.468 e. The number of hydrogen-bond acceptors (Lipinski definition) is 5. The number of aryl methyl sites for hydroxylation is 1. The summed E-state index contributed by atoms with van der Waals surface area (Å²) in [6, 6.07) is 1.89. The summed E-state index contributed by atoms with van der Waals surface area (Å²) in [5.41, 5.74) is 5.52. The molecule has 0 unspecified atom stereocenters. The molecule has 2 aromatic rings. The number of furan rings is 1. The van der Waals surface area contributed by atoms with Gasteiger partial charge in [0.25, 0.3) is 0 Å². The summed E-state index contributed by atoms with van der Waals surface area (Å²) < 4.78 is 5.17. The molecule has 2 N–H and O–H groups in total. The molecule has 2 aromatic heterocycles. The lowest BCUT2D eigenvalue weighted by molar-refractivity contribution is 0.527. The molecule has 0 aromatic carbocycles. The highest BCUT2D eigenvalue weighted by Crippen LogP contribution is 2.29. The Morgan fingerprint density at radius 2 is 2.29 bits per heavy atom. The van der Waals surface area contributed by atoms with Crippen LogP contribution in [0.4, 0.5) is 5.82 Å². The first-order valence-corrected chi connectivity index (χ1v) is 4.87. The van der Waals surface area contributed by atoms with Gasteiger partial charge < -0.3 is 10.2 Å². The van der Waals surface area contributed by atoms with Crippen molar-refractivity contribution in [3.05, 3.63) is 30.5 Å². The molecular formula is C9H9N3OS. The molecular weight excluding hydrogens is 198 g/mol. The van der Waals surface area contributed by atoms with Gasteiger partial charge in [-0.1, -0.05) is 11.8 Å². The van der Waals surface area contributed by atoms with Gasteiger partial charge in [0, 0.05) is 0 Å². The van der Waals surface area contributed by atoms with Crippen LogP contribution >= 0.6 is 11.8 Å². The lowest BCUT2D eigenvalue weighted by atomic mass is 10.5. The fraction of sp³-hybridized carbons (Fsp3) is 0.111. The van der Waals surface area contributed by atoms with E-state index in [2.05, 4.69) is 9.97 Å². The molecule has 0 saturated heterocycles. The van der Waals surface area contributed by atoms with Crippen LogP contribution in [0.5, 0.6) is 0 Å². The molecule has 0 amide bonds. The van der Waals surface area contributed by atoms with E-state index in [0.717, 1.165) is 15.7 Å². The van der Waals surface area contributed by atoms with Gasteiger partial charge >= 0.3 is 0 Å². The monoisotopic (exact) mass is 207 g/mol. The second-order valence-corrected chi connectivity index (χ2v) is 3.79. The summed E-state index contributed by atoms with van der Waals surface area (Å²) in [7, 11) is 0. The Morgan fingerprint density at radius 1 is 1.43 bits per heavy atom. The third-order valence-corrected chi connectivity index (χ3v) is 2.71. The molecule has 0 spiro atoms. The van der Waals surface area contributed by atoms with E-state index < -0.39 is 0 Å². The SMILES string of the molecule is Cc1occc1Sc1cncc(N)n1. The maximum atomic E-state index is 5.52. The lowest BCUT2D eigenvalue weighted by Crippen LogP contribution is -1.92. The molecule has 5 heteroatoms. The largest absolute Gasteiger partial charge is 0.468 e. The predicted octanol–water partition coefficient (Wildman–Crippen LogP) is 2.11. The number of rotatable bonds is 2.